The summed E-state index contributed by atoms with van der Waals surface area (Å²) in [6.45, 7) is 1.90. The van der Waals surface area contributed by atoms with Gasteiger partial charge >= 0.3 is 0 Å². The van der Waals surface area contributed by atoms with Gasteiger partial charge in [0.2, 0.25) is 0 Å². The predicted molar refractivity (Wildman–Crippen MR) is 58.3 cm³/mol. The quantitative estimate of drug-likeness (QED) is 0.785. The van der Waals surface area contributed by atoms with Crippen molar-refractivity contribution in [3.8, 4) is 0 Å². The van der Waals surface area contributed by atoms with Crippen molar-refractivity contribution >= 4 is 5.82 Å². The Hall–Kier alpha value is -1.09. The molecule has 76 valence electrons. The van der Waals surface area contributed by atoms with E-state index in [4.69, 9.17) is 5.73 Å². The minimum Gasteiger partial charge on any atom is -0.354 e. The van der Waals surface area contributed by atoms with E-state index in [1.807, 2.05) is 18.3 Å². The van der Waals surface area contributed by atoms with E-state index < -0.39 is 0 Å². The van der Waals surface area contributed by atoms with Crippen molar-refractivity contribution in [2.24, 2.45) is 5.73 Å². The van der Waals surface area contributed by atoms with Crippen LogP contribution in [0.1, 0.15) is 19.3 Å². The Labute approximate surface area is 84.9 Å². The molecule has 2 rings (SSSR count). The smallest absolute Gasteiger partial charge is 0.128 e. The Morgan fingerprint density at radius 2 is 2.43 bits per heavy atom. The van der Waals surface area contributed by atoms with Gasteiger partial charge in [-0.2, -0.15) is 0 Å². The molecule has 0 aliphatic carbocycles. The molecule has 1 aliphatic rings. The van der Waals surface area contributed by atoms with Crippen LogP contribution < -0.4 is 10.6 Å². The van der Waals surface area contributed by atoms with Gasteiger partial charge in [0, 0.05) is 18.8 Å². The Morgan fingerprint density at radius 3 is 3.14 bits per heavy atom. The highest BCUT2D eigenvalue weighted by Crippen LogP contribution is 2.24. The minimum absolute atomic E-state index is 0.606. The van der Waals surface area contributed by atoms with E-state index in [0.29, 0.717) is 6.04 Å². The molecule has 1 aromatic heterocycles. The van der Waals surface area contributed by atoms with Gasteiger partial charge in [0.1, 0.15) is 5.82 Å². The van der Waals surface area contributed by atoms with E-state index in [1.165, 1.54) is 12.8 Å². The van der Waals surface area contributed by atoms with Crippen molar-refractivity contribution in [1.29, 1.82) is 0 Å². The summed E-state index contributed by atoms with van der Waals surface area (Å²) in [7, 11) is 0. The number of pyridine rings is 1. The van der Waals surface area contributed by atoms with Gasteiger partial charge in [-0.1, -0.05) is 6.07 Å². The van der Waals surface area contributed by atoms with Gasteiger partial charge < -0.3 is 10.6 Å². The highest BCUT2D eigenvalue weighted by Gasteiger charge is 2.24. The second-order valence-corrected chi connectivity index (χ2v) is 3.75. The maximum absolute atomic E-state index is 5.60. The lowest BCUT2D eigenvalue weighted by atomic mass is 10.1. The van der Waals surface area contributed by atoms with E-state index >= 15 is 0 Å². The molecule has 1 aliphatic heterocycles. The average Bonchev–Trinajstić information content (AvgIpc) is 2.68. The van der Waals surface area contributed by atoms with E-state index in [-0.39, 0.29) is 0 Å². The van der Waals surface area contributed by atoms with Gasteiger partial charge in [-0.15, -0.1) is 0 Å². The molecule has 0 radical (unpaired) electrons. The first-order valence-electron chi connectivity index (χ1n) is 5.29. The third kappa shape index (κ3) is 1.87. The SMILES string of the molecule is NCCC1CCCN1c1ccccn1. The molecule has 1 atom stereocenters. The summed E-state index contributed by atoms with van der Waals surface area (Å²) in [4.78, 5) is 6.76. The van der Waals surface area contributed by atoms with Crippen molar-refractivity contribution in [2.45, 2.75) is 25.3 Å². The summed E-state index contributed by atoms with van der Waals surface area (Å²) >= 11 is 0. The standard InChI is InChI=1S/C11H17N3/c12-7-6-10-4-3-9-14(10)11-5-1-2-8-13-11/h1-2,5,8,10H,3-4,6-7,9,12H2. The highest BCUT2D eigenvalue weighted by molar-refractivity contribution is 5.40. The molecule has 1 fully saturated rings. The number of aromatic nitrogens is 1. The van der Waals surface area contributed by atoms with Crippen LogP contribution >= 0.6 is 0 Å². The zero-order valence-electron chi connectivity index (χ0n) is 8.39. The Balaban J connectivity index is 2.10. The van der Waals surface area contributed by atoms with Gasteiger partial charge in [-0.25, -0.2) is 4.98 Å². The second-order valence-electron chi connectivity index (χ2n) is 3.75. The first kappa shape index (κ1) is 9.46. The normalized spacial score (nSPS) is 21.5. The van der Waals surface area contributed by atoms with Gasteiger partial charge in [0.25, 0.3) is 0 Å². The summed E-state index contributed by atoms with van der Waals surface area (Å²) in [5.74, 6) is 1.10. The monoisotopic (exact) mass is 191 g/mol. The fourth-order valence-corrected chi connectivity index (χ4v) is 2.15. The highest BCUT2D eigenvalue weighted by atomic mass is 15.2. The third-order valence-electron chi connectivity index (χ3n) is 2.82. The Morgan fingerprint density at radius 1 is 1.50 bits per heavy atom. The molecule has 0 spiro atoms. The maximum atomic E-state index is 5.60. The summed E-state index contributed by atoms with van der Waals surface area (Å²) < 4.78 is 0. The van der Waals surface area contributed by atoms with Crippen molar-refractivity contribution in [3.63, 3.8) is 0 Å². The number of hydrogen-bond donors (Lipinski definition) is 1. The molecule has 0 amide bonds. The predicted octanol–water partition coefficient (Wildman–Crippen LogP) is 1.40. The van der Waals surface area contributed by atoms with Gasteiger partial charge in [0.05, 0.1) is 0 Å². The van der Waals surface area contributed by atoms with E-state index in [0.717, 1.165) is 25.3 Å². The molecule has 2 N–H and O–H groups in total. The van der Waals surface area contributed by atoms with Crippen LogP contribution in [-0.4, -0.2) is 24.1 Å². The number of nitrogens with two attached hydrogens (primary N) is 1. The van der Waals surface area contributed by atoms with Crippen molar-refractivity contribution in [1.82, 2.24) is 4.98 Å². The fraction of sp³-hybridized carbons (Fsp3) is 0.545. The molecular formula is C11H17N3. The first-order valence-corrected chi connectivity index (χ1v) is 5.29. The van der Waals surface area contributed by atoms with Gasteiger partial charge in [0.15, 0.2) is 0 Å². The summed E-state index contributed by atoms with van der Waals surface area (Å²) in [5, 5.41) is 0. The molecule has 1 aromatic rings. The van der Waals surface area contributed by atoms with Crippen LogP contribution in [0.5, 0.6) is 0 Å². The van der Waals surface area contributed by atoms with E-state index in [1.54, 1.807) is 0 Å². The van der Waals surface area contributed by atoms with Crippen LogP contribution in [0.4, 0.5) is 5.82 Å². The van der Waals surface area contributed by atoms with E-state index in [9.17, 15) is 0 Å². The summed E-state index contributed by atoms with van der Waals surface area (Å²) in [6, 6.07) is 6.68. The topological polar surface area (TPSA) is 42.1 Å². The number of rotatable bonds is 3. The van der Waals surface area contributed by atoms with E-state index in [2.05, 4.69) is 16.0 Å². The van der Waals surface area contributed by atoms with Crippen LogP contribution in [0.15, 0.2) is 24.4 Å². The van der Waals surface area contributed by atoms with Crippen LogP contribution in [0.2, 0.25) is 0 Å². The number of anilines is 1. The second kappa shape index (κ2) is 4.42. The van der Waals surface area contributed by atoms with Crippen LogP contribution in [0.25, 0.3) is 0 Å². The maximum Gasteiger partial charge on any atom is 0.128 e. The zero-order chi connectivity index (χ0) is 9.80. The van der Waals surface area contributed by atoms with Crippen molar-refractivity contribution in [3.05, 3.63) is 24.4 Å². The minimum atomic E-state index is 0.606. The third-order valence-corrected chi connectivity index (χ3v) is 2.82. The van der Waals surface area contributed by atoms with Gasteiger partial charge in [-0.05, 0) is 37.9 Å². The first-order chi connectivity index (χ1) is 6.92. The van der Waals surface area contributed by atoms with Crippen molar-refractivity contribution < 1.29 is 0 Å². The molecule has 0 aromatic carbocycles. The lowest BCUT2D eigenvalue weighted by Gasteiger charge is -2.25. The molecule has 1 saturated heterocycles. The summed E-state index contributed by atoms with van der Waals surface area (Å²) in [6.07, 6.45) is 5.46. The molecular weight excluding hydrogens is 174 g/mol. The molecule has 1 unspecified atom stereocenters. The molecule has 0 bridgehead atoms. The number of nitrogens with zero attached hydrogens (tertiary/aromatic N) is 2. The molecule has 14 heavy (non-hydrogen) atoms. The van der Waals surface area contributed by atoms with Gasteiger partial charge in [-0.3, -0.25) is 0 Å². The largest absolute Gasteiger partial charge is 0.354 e. The molecule has 3 heteroatoms. The molecule has 0 saturated carbocycles. The Kier molecular flexibility index (Phi) is 2.99. The summed E-state index contributed by atoms with van der Waals surface area (Å²) in [5.41, 5.74) is 5.60. The Bertz CT molecular complexity index is 273. The molecule has 3 nitrogen and oxygen atoms in total. The molecule has 2 heterocycles. The van der Waals surface area contributed by atoms with Crippen LogP contribution in [0, 0.1) is 0 Å². The van der Waals surface area contributed by atoms with Crippen molar-refractivity contribution in [2.75, 3.05) is 18.0 Å². The number of hydrogen-bond acceptors (Lipinski definition) is 3. The average molecular weight is 191 g/mol. The fourth-order valence-electron chi connectivity index (χ4n) is 2.15. The zero-order valence-corrected chi connectivity index (χ0v) is 8.39. The lowest BCUT2D eigenvalue weighted by Crippen LogP contribution is -2.31. The van der Waals surface area contributed by atoms with Crippen LogP contribution in [-0.2, 0) is 0 Å². The van der Waals surface area contributed by atoms with Crippen LogP contribution in [0.3, 0.4) is 0 Å². The lowest BCUT2D eigenvalue weighted by molar-refractivity contribution is 0.614.